The van der Waals surface area contributed by atoms with Gasteiger partial charge in [0.1, 0.15) is 17.3 Å². The molecular weight excluding hydrogens is 580 g/mol. The first-order valence-corrected chi connectivity index (χ1v) is 16.8. The van der Waals surface area contributed by atoms with Crippen molar-refractivity contribution in [2.75, 3.05) is 39.3 Å². The highest BCUT2D eigenvalue weighted by molar-refractivity contribution is 6.00. The van der Waals surface area contributed by atoms with E-state index in [4.69, 9.17) is 4.74 Å². The third-order valence-electron chi connectivity index (χ3n) is 9.58. The third-order valence-corrected chi connectivity index (χ3v) is 9.58. The minimum absolute atomic E-state index is 0. The molecule has 3 amide bonds. The molecule has 1 aliphatic carbocycles. The highest BCUT2D eigenvalue weighted by Gasteiger charge is 2.55. The summed E-state index contributed by atoms with van der Waals surface area (Å²) < 4.78 is 5.90. The number of unbranched alkanes of at least 4 members (excludes halogenated alkanes) is 2. The Morgan fingerprint density at radius 1 is 1.05 bits per heavy atom. The maximum atomic E-state index is 13.8. The molecule has 0 unspecified atom stereocenters. The van der Waals surface area contributed by atoms with Gasteiger partial charge in [0.2, 0.25) is 11.8 Å². The highest BCUT2D eigenvalue weighted by Crippen LogP contribution is 2.36. The first kappa shape index (κ1) is 36.1. The van der Waals surface area contributed by atoms with Crippen LogP contribution in [0.25, 0.3) is 0 Å². The molecule has 1 aromatic rings. The number of hydrogen-bond donors (Lipinski definition) is 3. The lowest BCUT2D eigenvalue weighted by atomic mass is 9.78. The first-order chi connectivity index (χ1) is 20.7. The zero-order chi connectivity index (χ0) is 30.8. The minimum atomic E-state index is -0.825. The van der Waals surface area contributed by atoms with Gasteiger partial charge in [-0.25, -0.2) is 0 Å². The number of nitrogens with zero attached hydrogens (tertiary/aromatic N) is 2. The van der Waals surface area contributed by atoms with Crippen LogP contribution < -0.4 is 15.4 Å². The lowest BCUT2D eigenvalue weighted by Crippen LogP contribution is -2.75. The average Bonchev–Trinajstić information content (AvgIpc) is 3.02. The third kappa shape index (κ3) is 9.10. The Balaban J connectivity index is 0.00000529. The molecule has 2 heterocycles. The number of carbonyl (C=O) groups is 3. The average molecular weight is 635 g/mol. The molecule has 1 aromatic carbocycles. The molecule has 248 valence electrons. The van der Waals surface area contributed by atoms with Crippen molar-refractivity contribution in [2.24, 2.45) is 11.8 Å². The van der Waals surface area contributed by atoms with Crippen LogP contribution in [-0.2, 0) is 9.59 Å². The molecule has 3 fully saturated rings. The van der Waals surface area contributed by atoms with Gasteiger partial charge in [-0.1, -0.05) is 46.5 Å². The highest BCUT2D eigenvalue weighted by atomic mass is 35.5. The van der Waals surface area contributed by atoms with Crippen LogP contribution in [0.4, 0.5) is 0 Å². The van der Waals surface area contributed by atoms with E-state index in [2.05, 4.69) is 36.3 Å². The maximum Gasteiger partial charge on any atom is 0.251 e. The van der Waals surface area contributed by atoms with Crippen LogP contribution in [0, 0.1) is 11.8 Å². The number of aliphatic hydroxyl groups excluding tert-OH is 1. The number of piperidine rings is 1. The summed E-state index contributed by atoms with van der Waals surface area (Å²) >= 11 is 0. The molecule has 10 heteroatoms. The fraction of sp³-hybridized carbons (Fsp3) is 0.735. The number of piperazine rings is 1. The van der Waals surface area contributed by atoms with E-state index in [9.17, 15) is 19.5 Å². The van der Waals surface area contributed by atoms with Gasteiger partial charge < -0.3 is 30.3 Å². The second kappa shape index (κ2) is 17.4. The fourth-order valence-electron chi connectivity index (χ4n) is 6.83. The summed E-state index contributed by atoms with van der Waals surface area (Å²) in [5.41, 5.74) is -0.180. The zero-order valence-corrected chi connectivity index (χ0v) is 27.8. The predicted octanol–water partition coefficient (Wildman–Crippen LogP) is 4.56. The van der Waals surface area contributed by atoms with Crippen molar-refractivity contribution in [3.63, 3.8) is 0 Å². The molecular formula is C34H55ClN4O5. The number of amides is 3. The minimum Gasteiger partial charge on any atom is -0.494 e. The number of likely N-dealkylation sites (tertiary alicyclic amines) is 1. The standard InChI is InChI=1S/C34H54N4O5.ClH/c1-4-5-20-38-32(41)29(30(39)26-11-7-6-8-12-26)36-33(42)34(38)17-21-37(22-18-34)19-9-10-23-43-28-15-13-27(14-16-28)31(40)35-24-25(2)3;/h13-16,25-26,29-30,39H,4-12,17-24H2,1-3H3,(H,35,40)(H,36,42);1H/t29-,30-;/m1./s1. The number of ether oxygens (including phenoxy) is 1. The molecule has 0 radical (unpaired) electrons. The molecule has 4 rings (SSSR count). The zero-order valence-electron chi connectivity index (χ0n) is 27.0. The molecule has 2 atom stereocenters. The van der Waals surface area contributed by atoms with E-state index < -0.39 is 17.7 Å². The number of rotatable bonds is 14. The normalized spacial score (nSPS) is 21.6. The van der Waals surface area contributed by atoms with Crippen LogP contribution >= 0.6 is 12.4 Å². The SMILES string of the molecule is CCCCN1C(=O)[C@@H]([C@H](O)C2CCCCC2)NC(=O)C12CCN(CCCCOc1ccc(C(=O)NCC(C)C)cc1)CC2.Cl. The van der Waals surface area contributed by atoms with E-state index in [0.29, 0.717) is 44.0 Å². The Labute approximate surface area is 270 Å². The van der Waals surface area contributed by atoms with Gasteiger partial charge in [0.25, 0.3) is 5.91 Å². The molecule has 1 saturated carbocycles. The first-order valence-electron chi connectivity index (χ1n) is 16.8. The Morgan fingerprint density at radius 3 is 2.36 bits per heavy atom. The number of nitrogens with one attached hydrogen (secondary N) is 2. The Bertz CT molecular complexity index is 1050. The van der Waals surface area contributed by atoms with Crippen molar-refractivity contribution in [1.29, 1.82) is 0 Å². The van der Waals surface area contributed by atoms with Crippen LogP contribution in [-0.4, -0.2) is 89.6 Å². The van der Waals surface area contributed by atoms with Gasteiger partial charge in [-0.05, 0) is 87.6 Å². The Morgan fingerprint density at radius 2 is 1.73 bits per heavy atom. The van der Waals surface area contributed by atoms with Gasteiger partial charge in [-0.2, -0.15) is 0 Å². The summed E-state index contributed by atoms with van der Waals surface area (Å²) in [6.07, 6.45) is 9.28. The van der Waals surface area contributed by atoms with Crippen LogP contribution in [0.3, 0.4) is 0 Å². The predicted molar refractivity (Wildman–Crippen MR) is 175 cm³/mol. The summed E-state index contributed by atoms with van der Waals surface area (Å²) in [4.78, 5) is 43.9. The number of carbonyl (C=O) groups excluding carboxylic acids is 3. The smallest absolute Gasteiger partial charge is 0.251 e. The number of benzene rings is 1. The quantitative estimate of drug-likeness (QED) is 0.259. The van der Waals surface area contributed by atoms with Crippen LogP contribution in [0.5, 0.6) is 5.75 Å². The van der Waals surface area contributed by atoms with Gasteiger partial charge in [-0.3, -0.25) is 14.4 Å². The van der Waals surface area contributed by atoms with E-state index in [1.54, 1.807) is 12.1 Å². The van der Waals surface area contributed by atoms with E-state index in [1.165, 1.54) is 6.42 Å². The molecule has 1 spiro atoms. The van der Waals surface area contributed by atoms with Gasteiger partial charge in [0.15, 0.2) is 0 Å². The van der Waals surface area contributed by atoms with Gasteiger partial charge >= 0.3 is 0 Å². The number of hydrogen-bond acceptors (Lipinski definition) is 6. The topological polar surface area (TPSA) is 111 Å². The molecule has 2 aliphatic heterocycles. The van der Waals surface area contributed by atoms with E-state index in [-0.39, 0.29) is 36.0 Å². The molecule has 9 nitrogen and oxygen atoms in total. The van der Waals surface area contributed by atoms with Crippen molar-refractivity contribution in [3.8, 4) is 5.75 Å². The van der Waals surface area contributed by atoms with Crippen LogP contribution in [0.2, 0.25) is 0 Å². The number of halogens is 1. The summed E-state index contributed by atoms with van der Waals surface area (Å²) in [7, 11) is 0. The molecule has 0 bridgehead atoms. The Kier molecular flexibility index (Phi) is 14.3. The monoisotopic (exact) mass is 634 g/mol. The maximum absolute atomic E-state index is 13.8. The molecule has 0 aromatic heterocycles. The second-order valence-electron chi connectivity index (χ2n) is 13.2. The summed E-state index contributed by atoms with van der Waals surface area (Å²) in [6.45, 7) is 10.5. The van der Waals surface area contributed by atoms with Crippen LogP contribution in [0.1, 0.15) is 102 Å². The van der Waals surface area contributed by atoms with Crippen LogP contribution in [0.15, 0.2) is 24.3 Å². The van der Waals surface area contributed by atoms with Crippen molar-refractivity contribution < 1.29 is 24.2 Å². The molecule has 3 N–H and O–H groups in total. The van der Waals surface area contributed by atoms with Gasteiger partial charge in [0, 0.05) is 31.7 Å². The lowest BCUT2D eigenvalue weighted by molar-refractivity contribution is -0.165. The number of aliphatic hydroxyl groups is 1. The lowest BCUT2D eigenvalue weighted by Gasteiger charge is -2.52. The van der Waals surface area contributed by atoms with Crippen molar-refractivity contribution in [3.05, 3.63) is 29.8 Å². The Hall–Kier alpha value is -2.36. The van der Waals surface area contributed by atoms with E-state index in [0.717, 1.165) is 76.8 Å². The van der Waals surface area contributed by atoms with E-state index >= 15 is 0 Å². The molecule has 3 aliphatic rings. The second-order valence-corrected chi connectivity index (χ2v) is 13.2. The summed E-state index contributed by atoms with van der Waals surface area (Å²) in [5, 5.41) is 17.1. The molecule has 2 saturated heterocycles. The van der Waals surface area contributed by atoms with E-state index in [1.807, 2.05) is 17.0 Å². The van der Waals surface area contributed by atoms with Crippen molar-refractivity contribution in [1.82, 2.24) is 20.4 Å². The summed E-state index contributed by atoms with van der Waals surface area (Å²) in [6, 6.07) is 6.45. The van der Waals surface area contributed by atoms with Gasteiger partial charge in [0.05, 0.1) is 12.7 Å². The fourth-order valence-corrected chi connectivity index (χ4v) is 6.83. The van der Waals surface area contributed by atoms with Gasteiger partial charge in [-0.15, -0.1) is 12.4 Å². The largest absolute Gasteiger partial charge is 0.494 e. The summed E-state index contributed by atoms with van der Waals surface area (Å²) in [5.74, 6) is 1.00. The molecule has 44 heavy (non-hydrogen) atoms. The van der Waals surface area contributed by atoms with Crippen molar-refractivity contribution in [2.45, 2.75) is 109 Å². The van der Waals surface area contributed by atoms with Crippen molar-refractivity contribution >= 4 is 30.1 Å².